The molecule has 0 atom stereocenters. The average Bonchev–Trinajstić information content (AvgIpc) is 3.04. The molecule has 0 spiro atoms. The number of methoxy groups -OCH3 is 1. The molecule has 0 saturated carbocycles. The molecule has 2 heterocycles. The van der Waals surface area contributed by atoms with Gasteiger partial charge in [-0.3, -0.25) is 4.79 Å². The summed E-state index contributed by atoms with van der Waals surface area (Å²) < 4.78 is 18.7. The molecule has 1 aliphatic heterocycles. The molecule has 9 heteroatoms. The number of hydrogen-bond donors (Lipinski definition) is 1. The van der Waals surface area contributed by atoms with E-state index in [2.05, 4.69) is 15.5 Å². The molecule has 1 N–H and O–H groups in total. The summed E-state index contributed by atoms with van der Waals surface area (Å²) in [6.07, 6.45) is 1.50. The van der Waals surface area contributed by atoms with E-state index in [4.69, 9.17) is 14.2 Å². The standard InChI is InChI=1S/C23H26N4O4S/c1-3-27-21(14-16-5-10-19-20(13-16)31-12-4-11-30-19)25-26-23(27)32-15-22(28)24-17-6-8-18(29-2)9-7-17/h5-10,13H,3-4,11-12,14-15H2,1-2H3,(H,24,28). The van der Waals surface area contributed by atoms with Gasteiger partial charge in [0.05, 0.1) is 26.1 Å². The van der Waals surface area contributed by atoms with Gasteiger partial charge in [0.2, 0.25) is 5.91 Å². The van der Waals surface area contributed by atoms with Gasteiger partial charge >= 0.3 is 0 Å². The van der Waals surface area contributed by atoms with Crippen molar-refractivity contribution in [2.75, 3.05) is 31.4 Å². The van der Waals surface area contributed by atoms with E-state index in [1.807, 2.05) is 54.0 Å². The molecule has 2 aromatic carbocycles. The van der Waals surface area contributed by atoms with Crippen LogP contribution in [0.4, 0.5) is 5.69 Å². The molecule has 8 nitrogen and oxygen atoms in total. The zero-order valence-electron chi connectivity index (χ0n) is 18.2. The Morgan fingerprint density at radius 1 is 1.12 bits per heavy atom. The molecule has 1 amide bonds. The molecule has 0 unspecified atom stereocenters. The number of benzene rings is 2. The number of rotatable bonds is 8. The van der Waals surface area contributed by atoms with Gasteiger partial charge in [0, 0.05) is 25.1 Å². The van der Waals surface area contributed by atoms with Gasteiger partial charge in [-0.05, 0) is 48.9 Å². The van der Waals surface area contributed by atoms with Gasteiger partial charge < -0.3 is 24.1 Å². The monoisotopic (exact) mass is 454 g/mol. The minimum absolute atomic E-state index is 0.102. The summed E-state index contributed by atoms with van der Waals surface area (Å²) in [4.78, 5) is 12.4. The van der Waals surface area contributed by atoms with Crippen LogP contribution < -0.4 is 19.5 Å². The number of aromatic nitrogens is 3. The van der Waals surface area contributed by atoms with Gasteiger partial charge in [-0.25, -0.2) is 0 Å². The quantitative estimate of drug-likeness (QED) is 0.518. The molecule has 0 fully saturated rings. The number of thioether (sulfide) groups is 1. The van der Waals surface area contributed by atoms with Crippen LogP contribution in [0.2, 0.25) is 0 Å². The molecule has 168 valence electrons. The van der Waals surface area contributed by atoms with Gasteiger partial charge in [-0.1, -0.05) is 17.8 Å². The summed E-state index contributed by atoms with van der Waals surface area (Å²) in [7, 11) is 1.61. The maximum Gasteiger partial charge on any atom is 0.234 e. The summed E-state index contributed by atoms with van der Waals surface area (Å²) >= 11 is 1.37. The summed E-state index contributed by atoms with van der Waals surface area (Å²) in [6.45, 7) is 4.09. The number of anilines is 1. The Hall–Kier alpha value is -3.20. The largest absolute Gasteiger partial charge is 0.497 e. The van der Waals surface area contributed by atoms with Crippen molar-refractivity contribution in [3.63, 3.8) is 0 Å². The molecule has 0 bridgehead atoms. The van der Waals surface area contributed by atoms with Crippen LogP contribution in [0, 0.1) is 0 Å². The SMILES string of the molecule is CCn1c(Cc2ccc3c(c2)OCCCO3)nnc1SCC(=O)Nc1ccc(OC)cc1. The smallest absolute Gasteiger partial charge is 0.234 e. The Labute approximate surface area is 191 Å². The van der Waals surface area contributed by atoms with Crippen LogP contribution in [-0.4, -0.2) is 46.7 Å². The van der Waals surface area contributed by atoms with E-state index in [0.717, 1.165) is 52.4 Å². The second-order valence-corrected chi connectivity index (χ2v) is 8.16. The van der Waals surface area contributed by atoms with Crippen LogP contribution >= 0.6 is 11.8 Å². The highest BCUT2D eigenvalue weighted by Gasteiger charge is 2.16. The third kappa shape index (κ3) is 5.34. The highest BCUT2D eigenvalue weighted by atomic mass is 32.2. The second-order valence-electron chi connectivity index (χ2n) is 7.22. The van der Waals surface area contributed by atoms with Gasteiger partial charge in [-0.2, -0.15) is 0 Å². The van der Waals surface area contributed by atoms with Crippen LogP contribution in [0.3, 0.4) is 0 Å². The molecule has 1 aliphatic rings. The summed E-state index contributed by atoms with van der Waals surface area (Å²) in [5, 5.41) is 12.3. The Balaban J connectivity index is 1.38. The van der Waals surface area contributed by atoms with Crippen LogP contribution in [-0.2, 0) is 17.8 Å². The van der Waals surface area contributed by atoms with Crippen molar-refractivity contribution in [3.05, 3.63) is 53.9 Å². The first kappa shape index (κ1) is 22.0. The third-order valence-electron chi connectivity index (χ3n) is 4.99. The first-order valence-corrected chi connectivity index (χ1v) is 11.5. The lowest BCUT2D eigenvalue weighted by Gasteiger charge is -2.10. The van der Waals surface area contributed by atoms with Crippen molar-refractivity contribution in [2.45, 2.75) is 31.5 Å². The third-order valence-corrected chi connectivity index (χ3v) is 5.96. The minimum atomic E-state index is -0.102. The number of nitrogens with one attached hydrogen (secondary N) is 1. The fraction of sp³-hybridized carbons (Fsp3) is 0.348. The number of carbonyl (C=O) groups excluding carboxylic acids is 1. The van der Waals surface area contributed by atoms with Gasteiger partial charge in [-0.15, -0.1) is 10.2 Å². The Morgan fingerprint density at radius 2 is 1.91 bits per heavy atom. The first-order chi connectivity index (χ1) is 15.7. The van der Waals surface area contributed by atoms with Crippen LogP contribution in [0.25, 0.3) is 0 Å². The molecule has 4 rings (SSSR count). The fourth-order valence-corrected chi connectivity index (χ4v) is 4.20. The molecule has 0 aliphatic carbocycles. The highest BCUT2D eigenvalue weighted by molar-refractivity contribution is 7.99. The first-order valence-electron chi connectivity index (χ1n) is 10.5. The molecule has 1 aromatic heterocycles. The lowest BCUT2D eigenvalue weighted by molar-refractivity contribution is -0.113. The van der Waals surface area contributed by atoms with E-state index in [-0.39, 0.29) is 11.7 Å². The maximum absolute atomic E-state index is 12.4. The zero-order chi connectivity index (χ0) is 22.3. The lowest BCUT2D eigenvalue weighted by atomic mass is 10.1. The molecular weight excluding hydrogens is 428 g/mol. The predicted molar refractivity (Wildman–Crippen MR) is 123 cm³/mol. The fourth-order valence-electron chi connectivity index (χ4n) is 3.38. The van der Waals surface area contributed by atoms with E-state index in [9.17, 15) is 4.79 Å². The van der Waals surface area contributed by atoms with E-state index in [0.29, 0.717) is 19.6 Å². The number of amides is 1. The van der Waals surface area contributed by atoms with E-state index in [1.54, 1.807) is 7.11 Å². The van der Waals surface area contributed by atoms with Crippen molar-refractivity contribution < 1.29 is 19.0 Å². The van der Waals surface area contributed by atoms with E-state index >= 15 is 0 Å². The normalized spacial score (nSPS) is 12.8. The van der Waals surface area contributed by atoms with Crippen molar-refractivity contribution >= 4 is 23.4 Å². The summed E-state index contributed by atoms with van der Waals surface area (Å²) in [6, 6.07) is 13.2. The number of nitrogens with zero attached hydrogens (tertiary/aromatic N) is 3. The summed E-state index contributed by atoms with van der Waals surface area (Å²) in [5.74, 6) is 3.29. The molecule has 32 heavy (non-hydrogen) atoms. The molecule has 3 aromatic rings. The highest BCUT2D eigenvalue weighted by Crippen LogP contribution is 2.31. The zero-order valence-corrected chi connectivity index (χ0v) is 19.0. The Morgan fingerprint density at radius 3 is 2.66 bits per heavy atom. The van der Waals surface area contributed by atoms with Crippen molar-refractivity contribution in [2.24, 2.45) is 0 Å². The molecular formula is C23H26N4O4S. The van der Waals surface area contributed by atoms with Crippen molar-refractivity contribution in [1.82, 2.24) is 14.8 Å². The number of fused-ring (bicyclic) bond motifs is 1. The Bertz CT molecular complexity index is 1070. The Kier molecular flexibility index (Phi) is 7.16. The van der Waals surface area contributed by atoms with Gasteiger partial charge in [0.1, 0.15) is 11.6 Å². The topological polar surface area (TPSA) is 87.5 Å². The number of ether oxygens (including phenoxy) is 3. The average molecular weight is 455 g/mol. The lowest BCUT2D eigenvalue weighted by Crippen LogP contribution is -2.14. The minimum Gasteiger partial charge on any atom is -0.497 e. The van der Waals surface area contributed by atoms with Gasteiger partial charge in [0.25, 0.3) is 0 Å². The summed E-state index contributed by atoms with van der Waals surface area (Å²) in [5.41, 5.74) is 1.80. The van der Waals surface area contributed by atoms with E-state index in [1.165, 1.54) is 11.8 Å². The van der Waals surface area contributed by atoms with Crippen LogP contribution in [0.5, 0.6) is 17.2 Å². The van der Waals surface area contributed by atoms with Crippen molar-refractivity contribution in [3.8, 4) is 17.2 Å². The van der Waals surface area contributed by atoms with Crippen LogP contribution in [0.15, 0.2) is 47.6 Å². The second kappa shape index (κ2) is 10.4. The van der Waals surface area contributed by atoms with Crippen LogP contribution in [0.1, 0.15) is 24.7 Å². The van der Waals surface area contributed by atoms with Crippen molar-refractivity contribution in [1.29, 1.82) is 0 Å². The number of hydrogen-bond acceptors (Lipinski definition) is 7. The molecule has 0 radical (unpaired) electrons. The van der Waals surface area contributed by atoms with Gasteiger partial charge in [0.15, 0.2) is 16.7 Å². The number of carbonyl (C=O) groups is 1. The maximum atomic E-state index is 12.4. The predicted octanol–water partition coefficient (Wildman–Crippen LogP) is 3.79. The van der Waals surface area contributed by atoms with E-state index < -0.39 is 0 Å². The molecule has 0 saturated heterocycles.